The summed E-state index contributed by atoms with van der Waals surface area (Å²) in [4.78, 5) is 16.1. The second-order valence-corrected chi connectivity index (χ2v) is 12.7. The zero-order chi connectivity index (χ0) is 28.0. The van der Waals surface area contributed by atoms with Gasteiger partial charge in [0.25, 0.3) is 0 Å². The lowest BCUT2D eigenvalue weighted by atomic mass is 9.90. The fourth-order valence-corrected chi connectivity index (χ4v) is 6.81. The molecule has 206 valence electrons. The van der Waals surface area contributed by atoms with E-state index < -0.39 is 11.6 Å². The first kappa shape index (κ1) is 29.4. The number of aromatic nitrogens is 1. The van der Waals surface area contributed by atoms with Gasteiger partial charge in [0.15, 0.2) is 0 Å². The third-order valence-electron chi connectivity index (χ3n) is 7.43. The van der Waals surface area contributed by atoms with Crippen LogP contribution in [-0.2, 0) is 23.2 Å². The van der Waals surface area contributed by atoms with Crippen LogP contribution in [0, 0.1) is 5.41 Å². The monoisotopic (exact) mass is 563 g/mol. The molecule has 39 heavy (non-hydrogen) atoms. The normalized spacial score (nSPS) is 15.4. The number of nitrogens with zero attached hydrogens (tertiary/aromatic N) is 1. The van der Waals surface area contributed by atoms with Gasteiger partial charge in [0.2, 0.25) is 0 Å². The van der Waals surface area contributed by atoms with E-state index in [9.17, 15) is 15.0 Å². The summed E-state index contributed by atoms with van der Waals surface area (Å²) in [5, 5.41) is 21.0. The summed E-state index contributed by atoms with van der Waals surface area (Å²) < 4.78 is 0. The Hall–Kier alpha value is -2.60. The highest BCUT2D eigenvalue weighted by atomic mass is 35.5. The number of halogens is 1. The van der Waals surface area contributed by atoms with E-state index in [4.69, 9.17) is 11.6 Å². The number of carboxylic acid groups (broad SMARTS) is 1. The molecule has 0 unspecified atom stereocenters. The molecule has 1 heterocycles. The van der Waals surface area contributed by atoms with E-state index in [0.29, 0.717) is 5.02 Å². The molecular weight excluding hydrogens is 526 g/mol. The molecule has 1 aliphatic carbocycles. The highest BCUT2D eigenvalue weighted by molar-refractivity contribution is 7.99. The highest BCUT2D eigenvalue weighted by Gasteiger charge is 2.44. The van der Waals surface area contributed by atoms with Gasteiger partial charge in [-0.3, -0.25) is 9.78 Å². The van der Waals surface area contributed by atoms with Gasteiger partial charge in [0.1, 0.15) is 0 Å². The molecule has 6 heteroatoms. The lowest BCUT2D eigenvalue weighted by Gasteiger charge is -2.24. The molecule has 2 N–H and O–H groups in total. The second kappa shape index (κ2) is 12.7. The third kappa shape index (κ3) is 8.20. The molecule has 0 radical (unpaired) electrons. The molecule has 1 aromatic heterocycles. The van der Waals surface area contributed by atoms with Gasteiger partial charge in [-0.1, -0.05) is 73.1 Å². The van der Waals surface area contributed by atoms with Crippen molar-refractivity contribution in [3.63, 3.8) is 0 Å². The molecule has 0 bridgehead atoms. The van der Waals surface area contributed by atoms with E-state index in [1.54, 1.807) is 0 Å². The highest BCUT2D eigenvalue weighted by Crippen LogP contribution is 2.53. The van der Waals surface area contributed by atoms with Gasteiger partial charge >= 0.3 is 5.97 Å². The molecule has 1 atom stereocenters. The number of rotatable bonds is 13. The zero-order valence-electron chi connectivity index (χ0n) is 23.0. The molecule has 1 saturated carbocycles. The number of carboxylic acids is 1. The van der Waals surface area contributed by atoms with Crippen molar-refractivity contribution < 1.29 is 15.0 Å². The predicted octanol–water partition coefficient (Wildman–Crippen LogP) is 8.36. The number of benzene rings is 2. The van der Waals surface area contributed by atoms with Crippen molar-refractivity contribution in [3.8, 4) is 0 Å². The number of thioether (sulfide) groups is 1. The Morgan fingerprint density at radius 2 is 1.90 bits per heavy atom. The number of hydrogen-bond donors (Lipinski definition) is 2. The van der Waals surface area contributed by atoms with Gasteiger partial charge in [-0.05, 0) is 91.8 Å². The summed E-state index contributed by atoms with van der Waals surface area (Å²) in [6.45, 7) is 5.70. The van der Waals surface area contributed by atoms with Crippen LogP contribution in [0.25, 0.3) is 12.2 Å². The van der Waals surface area contributed by atoms with Crippen molar-refractivity contribution >= 4 is 41.5 Å². The Kier molecular flexibility index (Phi) is 9.58. The lowest BCUT2D eigenvalue weighted by Crippen LogP contribution is -2.18. The quantitative estimate of drug-likeness (QED) is 0.218. The lowest BCUT2D eigenvalue weighted by molar-refractivity contribution is -0.138. The van der Waals surface area contributed by atoms with Gasteiger partial charge < -0.3 is 10.2 Å². The minimum Gasteiger partial charge on any atom is -0.481 e. The zero-order valence-corrected chi connectivity index (χ0v) is 24.6. The van der Waals surface area contributed by atoms with Crippen LogP contribution in [0.15, 0.2) is 60.7 Å². The number of aliphatic hydroxyl groups is 1. The first-order valence-electron chi connectivity index (χ1n) is 13.7. The van der Waals surface area contributed by atoms with Crippen LogP contribution in [0.5, 0.6) is 0 Å². The van der Waals surface area contributed by atoms with Gasteiger partial charge in [-0.25, -0.2) is 0 Å². The van der Waals surface area contributed by atoms with Crippen LogP contribution in [0.4, 0.5) is 0 Å². The number of aliphatic carboxylic acids is 1. The van der Waals surface area contributed by atoms with Crippen LogP contribution in [0.3, 0.4) is 0 Å². The first-order valence-corrected chi connectivity index (χ1v) is 15.1. The molecule has 4 rings (SSSR count). The summed E-state index contributed by atoms with van der Waals surface area (Å²) in [6, 6.07) is 20.5. The van der Waals surface area contributed by atoms with Crippen LogP contribution in [0.2, 0.25) is 5.02 Å². The number of pyridine rings is 1. The fourth-order valence-electron chi connectivity index (χ4n) is 5.00. The van der Waals surface area contributed by atoms with Gasteiger partial charge in [-0.2, -0.15) is 11.8 Å². The third-order valence-corrected chi connectivity index (χ3v) is 9.46. The Labute approximate surface area is 241 Å². The predicted molar refractivity (Wildman–Crippen MR) is 163 cm³/mol. The van der Waals surface area contributed by atoms with Gasteiger partial charge in [0, 0.05) is 11.0 Å². The van der Waals surface area contributed by atoms with E-state index in [1.165, 1.54) is 5.56 Å². The largest absolute Gasteiger partial charge is 0.481 e. The Morgan fingerprint density at radius 1 is 1.13 bits per heavy atom. The van der Waals surface area contributed by atoms with Crippen LogP contribution in [-0.4, -0.2) is 26.9 Å². The van der Waals surface area contributed by atoms with E-state index in [-0.39, 0.29) is 17.1 Å². The van der Waals surface area contributed by atoms with Gasteiger partial charge in [-0.15, -0.1) is 0 Å². The average Bonchev–Trinajstić information content (AvgIpc) is 3.66. The molecule has 2 aromatic carbocycles. The Balaban J connectivity index is 1.56. The average molecular weight is 564 g/mol. The van der Waals surface area contributed by atoms with Crippen molar-refractivity contribution in [3.05, 3.63) is 99.3 Å². The van der Waals surface area contributed by atoms with Crippen molar-refractivity contribution in [1.29, 1.82) is 0 Å². The van der Waals surface area contributed by atoms with E-state index in [2.05, 4.69) is 41.4 Å². The SMILES string of the molecule is CCc1nc(/C=C/c2cccc([C@@H](CCc3ccccc3C(C)(C)O)SCC3(CC(=O)O)CC3)c2)ccc1Cl. The van der Waals surface area contributed by atoms with Crippen molar-refractivity contribution in [2.45, 2.75) is 70.1 Å². The second-order valence-electron chi connectivity index (χ2n) is 11.1. The summed E-state index contributed by atoms with van der Waals surface area (Å²) in [6.07, 6.45) is 8.82. The molecule has 0 spiro atoms. The van der Waals surface area contributed by atoms with Crippen LogP contribution >= 0.6 is 23.4 Å². The molecule has 0 aliphatic heterocycles. The Morgan fingerprint density at radius 3 is 2.59 bits per heavy atom. The smallest absolute Gasteiger partial charge is 0.303 e. The maximum atomic E-state index is 11.5. The summed E-state index contributed by atoms with van der Waals surface area (Å²) in [5.74, 6) is 0.129. The summed E-state index contributed by atoms with van der Waals surface area (Å²) in [5.41, 5.74) is 5.22. The molecule has 1 aliphatic rings. The topological polar surface area (TPSA) is 70.4 Å². The number of carbonyl (C=O) groups is 1. The number of hydrogen-bond acceptors (Lipinski definition) is 4. The van der Waals surface area contributed by atoms with Crippen LogP contribution in [0.1, 0.15) is 85.3 Å². The van der Waals surface area contributed by atoms with E-state index in [0.717, 1.165) is 65.9 Å². The molecule has 0 amide bonds. The van der Waals surface area contributed by atoms with E-state index >= 15 is 0 Å². The summed E-state index contributed by atoms with van der Waals surface area (Å²) >= 11 is 8.11. The van der Waals surface area contributed by atoms with Crippen molar-refractivity contribution in [2.24, 2.45) is 5.41 Å². The minimum atomic E-state index is -0.906. The van der Waals surface area contributed by atoms with Gasteiger partial charge in [0.05, 0.1) is 28.4 Å². The molecule has 0 saturated heterocycles. The van der Waals surface area contributed by atoms with Crippen LogP contribution < -0.4 is 0 Å². The fraction of sp³-hybridized carbons (Fsp3) is 0.394. The summed E-state index contributed by atoms with van der Waals surface area (Å²) in [7, 11) is 0. The van der Waals surface area contributed by atoms with E-state index in [1.807, 2.05) is 68.9 Å². The van der Waals surface area contributed by atoms with Crippen molar-refractivity contribution in [2.75, 3.05) is 5.75 Å². The maximum absolute atomic E-state index is 11.5. The van der Waals surface area contributed by atoms with Crippen molar-refractivity contribution in [1.82, 2.24) is 4.98 Å². The standard InChI is InChI=1S/C33H38ClNO3S/c1-4-29-28(34)16-15-26(35-29)14-12-23-8-7-10-25(20-23)30(39-22-33(18-19-33)21-31(36)37)17-13-24-9-5-6-11-27(24)32(2,3)38/h5-12,14-16,20,30,38H,4,13,17-19,21-22H2,1-3H3,(H,36,37)/b14-12+/t30-/m1/s1. The molecule has 3 aromatic rings. The molecule has 1 fully saturated rings. The molecular formula is C33H38ClNO3S. The first-order chi connectivity index (χ1) is 18.6. The minimum absolute atomic E-state index is 0.0749. The maximum Gasteiger partial charge on any atom is 0.303 e. The Bertz CT molecular complexity index is 1330. The molecule has 4 nitrogen and oxygen atoms in total. The number of aryl methyl sites for hydroxylation is 2.